The molecule has 1 aromatic carbocycles. The molecule has 1 aromatic rings. The molecule has 2 nitrogen and oxygen atoms in total. The van der Waals surface area contributed by atoms with Gasteiger partial charge in [-0.25, -0.2) is 0 Å². The van der Waals surface area contributed by atoms with Crippen molar-refractivity contribution < 1.29 is 4.79 Å². The molecule has 0 saturated heterocycles. The first-order valence-electron chi connectivity index (χ1n) is 8.23. The van der Waals surface area contributed by atoms with Gasteiger partial charge in [-0.05, 0) is 61.6 Å². The molecule has 2 aliphatic rings. The van der Waals surface area contributed by atoms with Crippen LogP contribution in [0, 0.1) is 17.8 Å². The summed E-state index contributed by atoms with van der Waals surface area (Å²) in [4.78, 5) is 12.1. The fourth-order valence-electron chi connectivity index (χ4n) is 4.15. The topological polar surface area (TPSA) is 29.1 Å². The average Bonchev–Trinajstić information content (AvgIpc) is 3.12. The molecule has 1 N–H and O–H groups in total. The monoisotopic (exact) mass is 337 g/mol. The number of benzene rings is 1. The molecule has 22 heavy (non-hydrogen) atoms. The van der Waals surface area contributed by atoms with Crippen molar-refractivity contribution >= 4 is 29.3 Å². The first-order chi connectivity index (χ1) is 10.6. The molecule has 3 rings (SSSR count). The van der Waals surface area contributed by atoms with Crippen molar-refractivity contribution in [2.45, 2.75) is 44.4 Å². The van der Waals surface area contributed by atoms with E-state index in [0.29, 0.717) is 17.7 Å². The maximum Gasteiger partial charge on any atom is 0.230 e. The minimum atomic E-state index is 0.175. The highest BCUT2D eigenvalue weighted by atomic mass is 35.5. The smallest absolute Gasteiger partial charge is 0.230 e. The Labute approximate surface area is 142 Å². The first-order valence-corrected chi connectivity index (χ1v) is 9.76. The van der Waals surface area contributed by atoms with Gasteiger partial charge in [0, 0.05) is 16.8 Å². The van der Waals surface area contributed by atoms with Gasteiger partial charge in [-0.3, -0.25) is 4.79 Å². The van der Waals surface area contributed by atoms with Crippen LogP contribution in [0.3, 0.4) is 0 Å². The lowest BCUT2D eigenvalue weighted by atomic mass is 9.84. The van der Waals surface area contributed by atoms with Gasteiger partial charge in [0.25, 0.3) is 0 Å². The van der Waals surface area contributed by atoms with Crippen molar-refractivity contribution in [2.24, 2.45) is 17.8 Å². The Morgan fingerprint density at radius 2 is 2.09 bits per heavy atom. The van der Waals surface area contributed by atoms with Gasteiger partial charge in [0.1, 0.15) is 0 Å². The molecule has 2 fully saturated rings. The number of fused-ring (bicyclic) bond motifs is 2. The third-order valence-electron chi connectivity index (χ3n) is 5.24. The number of thioether (sulfide) groups is 1. The van der Waals surface area contributed by atoms with Gasteiger partial charge in [0.05, 0.1) is 5.75 Å². The number of halogens is 1. The Balaban J connectivity index is 1.38. The Bertz CT molecular complexity index is 518. The van der Waals surface area contributed by atoms with E-state index in [2.05, 4.69) is 12.2 Å². The van der Waals surface area contributed by atoms with Gasteiger partial charge in [-0.2, -0.15) is 0 Å². The van der Waals surface area contributed by atoms with Crippen molar-refractivity contribution in [3.63, 3.8) is 0 Å². The molecule has 4 unspecified atom stereocenters. The summed E-state index contributed by atoms with van der Waals surface area (Å²) in [6.07, 6.45) is 5.51. The molecule has 2 bridgehead atoms. The minimum Gasteiger partial charge on any atom is -0.353 e. The quantitative estimate of drug-likeness (QED) is 0.827. The highest BCUT2D eigenvalue weighted by Gasteiger charge is 2.42. The average molecular weight is 338 g/mol. The van der Waals surface area contributed by atoms with Crippen LogP contribution in [0.5, 0.6) is 0 Å². The molecule has 0 spiro atoms. The van der Waals surface area contributed by atoms with Gasteiger partial charge in [0.15, 0.2) is 0 Å². The van der Waals surface area contributed by atoms with Gasteiger partial charge < -0.3 is 5.32 Å². The third kappa shape index (κ3) is 3.99. The number of nitrogens with one attached hydrogen (secondary N) is 1. The lowest BCUT2D eigenvalue weighted by Gasteiger charge is -2.28. The second kappa shape index (κ2) is 7.27. The normalized spacial score (nSPS) is 27.8. The maximum absolute atomic E-state index is 12.1. The van der Waals surface area contributed by atoms with Crippen LogP contribution in [0.2, 0.25) is 5.02 Å². The number of hydrogen-bond acceptors (Lipinski definition) is 2. The largest absolute Gasteiger partial charge is 0.353 e. The molecule has 2 saturated carbocycles. The van der Waals surface area contributed by atoms with Gasteiger partial charge in [-0.1, -0.05) is 30.2 Å². The Hall–Kier alpha value is -0.670. The van der Waals surface area contributed by atoms with Gasteiger partial charge in [0.2, 0.25) is 5.91 Å². The molecule has 1 amide bonds. The summed E-state index contributed by atoms with van der Waals surface area (Å²) in [5, 5.41) is 3.98. The van der Waals surface area contributed by atoms with E-state index in [1.165, 1.54) is 31.2 Å². The van der Waals surface area contributed by atoms with Crippen LogP contribution < -0.4 is 5.32 Å². The Kier molecular flexibility index (Phi) is 5.35. The van der Waals surface area contributed by atoms with E-state index >= 15 is 0 Å². The predicted molar refractivity (Wildman–Crippen MR) is 94.2 cm³/mol. The number of hydrogen-bond donors (Lipinski definition) is 1. The molecule has 0 radical (unpaired) electrons. The highest BCUT2D eigenvalue weighted by molar-refractivity contribution is 7.99. The Morgan fingerprint density at radius 3 is 2.73 bits per heavy atom. The maximum atomic E-state index is 12.1. The van der Waals surface area contributed by atoms with Crippen molar-refractivity contribution in [3.05, 3.63) is 34.9 Å². The number of carbonyl (C=O) groups excluding carboxylic acids is 1. The van der Waals surface area contributed by atoms with Crippen molar-refractivity contribution in [3.8, 4) is 0 Å². The van der Waals surface area contributed by atoms with Crippen LogP contribution in [0.1, 0.15) is 38.2 Å². The van der Waals surface area contributed by atoms with E-state index in [4.69, 9.17) is 11.6 Å². The third-order valence-corrected chi connectivity index (χ3v) is 6.49. The van der Waals surface area contributed by atoms with E-state index in [1.807, 2.05) is 24.3 Å². The van der Waals surface area contributed by atoms with E-state index in [9.17, 15) is 4.79 Å². The molecule has 0 heterocycles. The summed E-state index contributed by atoms with van der Waals surface area (Å²) >= 11 is 7.54. The Morgan fingerprint density at radius 1 is 1.32 bits per heavy atom. The van der Waals surface area contributed by atoms with Crippen molar-refractivity contribution in [1.29, 1.82) is 0 Å². The zero-order valence-corrected chi connectivity index (χ0v) is 14.6. The van der Waals surface area contributed by atoms with Crippen LogP contribution in [-0.2, 0) is 10.5 Å². The summed E-state index contributed by atoms with van der Waals surface area (Å²) in [6.45, 7) is 2.19. The van der Waals surface area contributed by atoms with Crippen LogP contribution in [-0.4, -0.2) is 17.7 Å². The fraction of sp³-hybridized carbons (Fsp3) is 0.611. The van der Waals surface area contributed by atoms with Crippen LogP contribution in [0.15, 0.2) is 24.3 Å². The van der Waals surface area contributed by atoms with Crippen molar-refractivity contribution in [1.82, 2.24) is 5.32 Å². The summed E-state index contributed by atoms with van der Waals surface area (Å²) in [5.41, 5.74) is 1.21. The molecule has 0 aromatic heterocycles. The molecule has 0 aliphatic heterocycles. The number of carbonyl (C=O) groups is 1. The molecule has 4 heteroatoms. The lowest BCUT2D eigenvalue weighted by molar-refractivity contribution is -0.119. The van der Waals surface area contributed by atoms with Crippen molar-refractivity contribution in [2.75, 3.05) is 5.75 Å². The van der Waals surface area contributed by atoms with E-state index in [0.717, 1.165) is 22.6 Å². The predicted octanol–water partition coefficient (Wildman–Crippen LogP) is 4.51. The minimum absolute atomic E-state index is 0.175. The SMILES string of the molecule is CC(NC(=O)CSCc1ccc(Cl)cc1)C1CC2CCC1C2. The second-order valence-electron chi connectivity index (χ2n) is 6.81. The van der Waals surface area contributed by atoms with Crippen LogP contribution >= 0.6 is 23.4 Å². The summed E-state index contributed by atoms with van der Waals surface area (Å²) in [6, 6.07) is 8.17. The summed E-state index contributed by atoms with van der Waals surface area (Å²) < 4.78 is 0. The highest BCUT2D eigenvalue weighted by Crippen LogP contribution is 2.49. The first kappa shape index (κ1) is 16.2. The van der Waals surface area contributed by atoms with Crippen LogP contribution in [0.4, 0.5) is 0 Å². The number of amides is 1. The van der Waals surface area contributed by atoms with E-state index in [-0.39, 0.29) is 5.91 Å². The second-order valence-corrected chi connectivity index (χ2v) is 8.24. The zero-order chi connectivity index (χ0) is 15.5. The van der Waals surface area contributed by atoms with Gasteiger partial charge in [-0.15, -0.1) is 11.8 Å². The standard InChI is InChI=1S/C18H24ClNOS/c1-12(17-9-14-2-5-15(17)8-14)20-18(21)11-22-10-13-3-6-16(19)7-4-13/h3-4,6-7,12,14-15,17H,2,5,8-11H2,1H3,(H,20,21). The lowest BCUT2D eigenvalue weighted by Crippen LogP contribution is -2.40. The van der Waals surface area contributed by atoms with Crippen LogP contribution in [0.25, 0.3) is 0 Å². The summed E-state index contributed by atoms with van der Waals surface area (Å²) in [5.74, 6) is 4.08. The molecular weight excluding hydrogens is 314 g/mol. The molecular formula is C18H24ClNOS. The molecule has 4 atom stereocenters. The fourth-order valence-corrected chi connectivity index (χ4v) is 5.08. The molecule has 2 aliphatic carbocycles. The van der Waals surface area contributed by atoms with Gasteiger partial charge >= 0.3 is 0 Å². The molecule has 120 valence electrons. The zero-order valence-electron chi connectivity index (χ0n) is 13.1. The number of rotatable bonds is 6. The van der Waals surface area contributed by atoms with E-state index < -0.39 is 0 Å². The van der Waals surface area contributed by atoms with E-state index in [1.54, 1.807) is 11.8 Å². The summed E-state index contributed by atoms with van der Waals surface area (Å²) in [7, 11) is 0.